The van der Waals surface area contributed by atoms with Crippen LogP contribution in [0.1, 0.15) is 11.6 Å². The summed E-state index contributed by atoms with van der Waals surface area (Å²) in [4.78, 5) is 15.4. The number of rotatable bonds is 5. The van der Waals surface area contributed by atoms with Crippen LogP contribution in [0.4, 0.5) is 0 Å². The van der Waals surface area contributed by atoms with Gasteiger partial charge in [0.25, 0.3) is 0 Å². The molecule has 1 atom stereocenters. The van der Waals surface area contributed by atoms with E-state index in [1.807, 2.05) is 30.3 Å². The van der Waals surface area contributed by atoms with Gasteiger partial charge in [-0.05, 0) is 5.56 Å². The van der Waals surface area contributed by atoms with Gasteiger partial charge in [-0.1, -0.05) is 30.3 Å². The molecule has 1 amide bonds. The molecular weight excluding hydrogens is 230 g/mol. The van der Waals surface area contributed by atoms with Crippen LogP contribution in [0.25, 0.3) is 0 Å². The number of hydrogen-bond acceptors (Lipinski definition) is 4. The molecule has 3 N–H and O–H groups in total. The Morgan fingerprint density at radius 1 is 1.39 bits per heavy atom. The molecule has 0 spiro atoms. The van der Waals surface area contributed by atoms with E-state index in [0.29, 0.717) is 6.54 Å². The number of benzene rings is 1. The van der Waals surface area contributed by atoms with Gasteiger partial charge in [-0.3, -0.25) is 4.79 Å². The minimum Gasteiger partial charge on any atom is -0.353 e. The Morgan fingerprint density at radius 2 is 2.17 bits per heavy atom. The molecule has 0 aliphatic rings. The Kier molecular flexibility index (Phi) is 4.03. The first-order valence-corrected chi connectivity index (χ1v) is 5.65. The van der Waals surface area contributed by atoms with Crippen molar-refractivity contribution in [2.24, 2.45) is 5.73 Å². The molecular formula is C12H15N5O. The van der Waals surface area contributed by atoms with E-state index >= 15 is 0 Å². The minimum absolute atomic E-state index is 0.133. The number of carbonyl (C=O) groups is 1. The lowest BCUT2D eigenvalue weighted by molar-refractivity contribution is -0.121. The molecule has 0 radical (unpaired) electrons. The van der Waals surface area contributed by atoms with Gasteiger partial charge in [-0.15, -0.1) is 0 Å². The average molecular weight is 245 g/mol. The molecule has 1 aromatic carbocycles. The van der Waals surface area contributed by atoms with Crippen LogP contribution >= 0.6 is 0 Å². The second kappa shape index (κ2) is 5.92. The molecule has 2 rings (SSSR count). The SMILES string of the molecule is NC(CNC(=O)Cn1cncn1)c1ccccc1. The summed E-state index contributed by atoms with van der Waals surface area (Å²) >= 11 is 0. The molecule has 0 saturated heterocycles. The molecule has 1 heterocycles. The number of amides is 1. The van der Waals surface area contributed by atoms with E-state index in [9.17, 15) is 4.79 Å². The van der Waals surface area contributed by atoms with E-state index in [4.69, 9.17) is 5.73 Å². The highest BCUT2D eigenvalue weighted by Gasteiger charge is 2.08. The Hall–Kier alpha value is -2.21. The molecule has 0 bridgehead atoms. The van der Waals surface area contributed by atoms with Crippen LogP contribution in [-0.2, 0) is 11.3 Å². The first-order valence-electron chi connectivity index (χ1n) is 5.65. The number of aromatic nitrogens is 3. The first-order chi connectivity index (χ1) is 8.75. The van der Waals surface area contributed by atoms with Crippen molar-refractivity contribution in [3.05, 3.63) is 48.5 Å². The van der Waals surface area contributed by atoms with Crippen molar-refractivity contribution in [2.75, 3.05) is 6.54 Å². The van der Waals surface area contributed by atoms with E-state index in [2.05, 4.69) is 15.4 Å². The summed E-state index contributed by atoms with van der Waals surface area (Å²) in [5, 5.41) is 6.62. The normalized spacial score (nSPS) is 12.1. The quantitative estimate of drug-likeness (QED) is 0.782. The Labute approximate surface area is 105 Å². The predicted octanol–water partition coefficient (Wildman–Crippen LogP) is 0.0943. The van der Waals surface area contributed by atoms with Crippen molar-refractivity contribution >= 4 is 5.91 Å². The molecule has 2 aromatic rings. The van der Waals surface area contributed by atoms with Gasteiger partial charge >= 0.3 is 0 Å². The second-order valence-electron chi connectivity index (χ2n) is 3.91. The summed E-state index contributed by atoms with van der Waals surface area (Å²) in [5.41, 5.74) is 6.97. The Bertz CT molecular complexity index is 482. The zero-order valence-electron chi connectivity index (χ0n) is 9.86. The van der Waals surface area contributed by atoms with Crippen molar-refractivity contribution in [1.82, 2.24) is 20.1 Å². The van der Waals surface area contributed by atoms with Gasteiger partial charge in [-0.2, -0.15) is 5.10 Å². The van der Waals surface area contributed by atoms with Crippen molar-refractivity contribution in [3.63, 3.8) is 0 Å². The zero-order valence-corrected chi connectivity index (χ0v) is 9.86. The lowest BCUT2D eigenvalue weighted by Gasteiger charge is -2.13. The van der Waals surface area contributed by atoms with Crippen LogP contribution in [-0.4, -0.2) is 27.2 Å². The topological polar surface area (TPSA) is 85.8 Å². The average Bonchev–Trinajstić information content (AvgIpc) is 2.90. The summed E-state index contributed by atoms with van der Waals surface area (Å²) in [6, 6.07) is 9.45. The monoisotopic (exact) mass is 245 g/mol. The fourth-order valence-corrected chi connectivity index (χ4v) is 1.56. The van der Waals surface area contributed by atoms with Gasteiger partial charge in [0.15, 0.2) is 0 Å². The zero-order chi connectivity index (χ0) is 12.8. The van der Waals surface area contributed by atoms with Crippen molar-refractivity contribution < 1.29 is 4.79 Å². The lowest BCUT2D eigenvalue weighted by atomic mass is 10.1. The highest BCUT2D eigenvalue weighted by Crippen LogP contribution is 2.07. The van der Waals surface area contributed by atoms with Crippen molar-refractivity contribution in [2.45, 2.75) is 12.6 Å². The molecule has 0 aliphatic heterocycles. The summed E-state index contributed by atoms with van der Waals surface area (Å²) in [6.45, 7) is 0.555. The first kappa shape index (κ1) is 12.3. The maximum Gasteiger partial charge on any atom is 0.241 e. The molecule has 1 unspecified atom stereocenters. The van der Waals surface area contributed by atoms with E-state index in [1.165, 1.54) is 17.3 Å². The number of carbonyl (C=O) groups excluding carboxylic acids is 1. The van der Waals surface area contributed by atoms with E-state index in [1.54, 1.807) is 0 Å². The highest BCUT2D eigenvalue weighted by molar-refractivity contribution is 5.75. The summed E-state index contributed by atoms with van der Waals surface area (Å²) < 4.78 is 1.46. The predicted molar refractivity (Wildman–Crippen MR) is 66.4 cm³/mol. The van der Waals surface area contributed by atoms with Crippen LogP contribution in [0.3, 0.4) is 0 Å². The van der Waals surface area contributed by atoms with Crippen LogP contribution in [0.15, 0.2) is 43.0 Å². The van der Waals surface area contributed by atoms with Crippen LogP contribution in [0.2, 0.25) is 0 Å². The Morgan fingerprint density at radius 3 is 2.83 bits per heavy atom. The van der Waals surface area contributed by atoms with Crippen molar-refractivity contribution in [3.8, 4) is 0 Å². The molecule has 94 valence electrons. The molecule has 1 aromatic heterocycles. The third kappa shape index (κ3) is 3.39. The van der Waals surface area contributed by atoms with Gasteiger partial charge in [0.2, 0.25) is 5.91 Å². The molecule has 0 saturated carbocycles. The molecule has 0 aliphatic carbocycles. The third-order valence-electron chi connectivity index (χ3n) is 2.52. The van der Waals surface area contributed by atoms with Gasteiger partial charge in [-0.25, -0.2) is 9.67 Å². The van der Waals surface area contributed by atoms with Crippen molar-refractivity contribution in [1.29, 1.82) is 0 Å². The van der Waals surface area contributed by atoms with Crippen LogP contribution < -0.4 is 11.1 Å². The smallest absolute Gasteiger partial charge is 0.241 e. The summed E-state index contributed by atoms with van der Waals surface area (Å²) in [7, 11) is 0. The number of nitrogens with two attached hydrogens (primary N) is 1. The van der Waals surface area contributed by atoms with Crippen LogP contribution in [0, 0.1) is 0 Å². The molecule has 6 heteroatoms. The summed E-state index contributed by atoms with van der Waals surface area (Å²) in [5.74, 6) is -0.133. The third-order valence-corrected chi connectivity index (χ3v) is 2.52. The standard InChI is InChI=1S/C12H15N5O/c13-11(10-4-2-1-3-5-10)6-15-12(18)7-17-9-14-8-16-17/h1-5,8-9,11H,6-7,13H2,(H,15,18). The lowest BCUT2D eigenvalue weighted by Crippen LogP contribution is -2.34. The highest BCUT2D eigenvalue weighted by atomic mass is 16.2. The Balaban J connectivity index is 1.79. The van der Waals surface area contributed by atoms with Gasteiger partial charge in [0.05, 0.1) is 0 Å². The molecule has 6 nitrogen and oxygen atoms in total. The second-order valence-corrected chi connectivity index (χ2v) is 3.91. The van der Waals surface area contributed by atoms with E-state index in [0.717, 1.165) is 5.56 Å². The number of hydrogen-bond donors (Lipinski definition) is 2. The molecule has 0 fully saturated rings. The summed E-state index contributed by atoms with van der Waals surface area (Å²) in [6.07, 6.45) is 2.89. The van der Waals surface area contributed by atoms with E-state index in [-0.39, 0.29) is 18.5 Å². The number of nitrogens with one attached hydrogen (secondary N) is 1. The van der Waals surface area contributed by atoms with Gasteiger partial charge in [0.1, 0.15) is 19.2 Å². The van der Waals surface area contributed by atoms with Crippen LogP contribution in [0.5, 0.6) is 0 Å². The fraction of sp³-hybridized carbons (Fsp3) is 0.250. The maximum atomic E-state index is 11.6. The van der Waals surface area contributed by atoms with Gasteiger partial charge < -0.3 is 11.1 Å². The molecule has 18 heavy (non-hydrogen) atoms. The largest absolute Gasteiger partial charge is 0.353 e. The van der Waals surface area contributed by atoms with E-state index < -0.39 is 0 Å². The fourth-order valence-electron chi connectivity index (χ4n) is 1.56. The number of nitrogens with zero attached hydrogens (tertiary/aromatic N) is 3. The minimum atomic E-state index is -0.203. The van der Waals surface area contributed by atoms with Gasteiger partial charge in [0, 0.05) is 12.6 Å². The maximum absolute atomic E-state index is 11.6.